The van der Waals surface area contributed by atoms with Gasteiger partial charge >= 0.3 is 0 Å². The minimum Gasteiger partial charge on any atom is -0.366 e. The molecule has 2 rings (SSSR count). The molecule has 0 heterocycles. The molecule has 0 radical (unpaired) electrons. The Morgan fingerprint density at radius 2 is 2.06 bits per heavy atom. The Hall–Kier alpha value is -1.41. The first kappa shape index (κ1) is 13.0. The molecule has 0 amide bonds. The van der Waals surface area contributed by atoms with Crippen LogP contribution in [-0.2, 0) is 9.53 Å². The molecule has 0 bridgehead atoms. The van der Waals surface area contributed by atoms with Crippen molar-refractivity contribution in [1.82, 2.24) is 0 Å². The van der Waals surface area contributed by atoms with Gasteiger partial charge in [-0.2, -0.15) is 0 Å². The summed E-state index contributed by atoms with van der Waals surface area (Å²) in [5, 5.41) is 0. The van der Waals surface area contributed by atoms with Crippen LogP contribution in [-0.4, -0.2) is 12.4 Å². The third-order valence-electron chi connectivity index (χ3n) is 3.28. The van der Waals surface area contributed by atoms with E-state index < -0.39 is 6.10 Å². The van der Waals surface area contributed by atoms with E-state index in [9.17, 15) is 4.79 Å². The standard InChI is InChI=1S/C16H20O2/c1-2-18-16(14-11-7-4-8-12-14)15(17)13-9-5-3-6-10-13/h4,7-9,11-12,16H,2-3,5-6,10H2,1H3. The molecule has 0 N–H and O–H groups in total. The molecule has 1 aliphatic carbocycles. The van der Waals surface area contributed by atoms with Crippen LogP contribution in [0.15, 0.2) is 42.0 Å². The molecular formula is C16H20O2. The van der Waals surface area contributed by atoms with Crippen molar-refractivity contribution in [3.63, 3.8) is 0 Å². The van der Waals surface area contributed by atoms with Gasteiger partial charge in [0.15, 0.2) is 5.78 Å². The Labute approximate surface area is 109 Å². The van der Waals surface area contributed by atoms with Gasteiger partial charge < -0.3 is 4.74 Å². The zero-order valence-corrected chi connectivity index (χ0v) is 10.9. The molecule has 0 fully saturated rings. The maximum Gasteiger partial charge on any atom is 0.191 e. The highest BCUT2D eigenvalue weighted by molar-refractivity contribution is 5.99. The largest absolute Gasteiger partial charge is 0.366 e. The number of benzene rings is 1. The van der Waals surface area contributed by atoms with E-state index in [4.69, 9.17) is 4.74 Å². The van der Waals surface area contributed by atoms with Crippen molar-refractivity contribution in [2.45, 2.75) is 38.7 Å². The van der Waals surface area contributed by atoms with Crippen molar-refractivity contribution in [3.05, 3.63) is 47.5 Å². The number of hydrogen-bond donors (Lipinski definition) is 0. The van der Waals surface area contributed by atoms with E-state index in [1.54, 1.807) is 0 Å². The number of Topliss-reactive ketones (excluding diaryl/α,β-unsaturated/α-hetero) is 1. The highest BCUT2D eigenvalue weighted by Gasteiger charge is 2.24. The van der Waals surface area contributed by atoms with Gasteiger partial charge in [-0.25, -0.2) is 0 Å². The Morgan fingerprint density at radius 3 is 2.67 bits per heavy atom. The van der Waals surface area contributed by atoms with Crippen LogP contribution < -0.4 is 0 Å². The first-order chi connectivity index (χ1) is 8.83. The number of ether oxygens (including phenoxy) is 1. The van der Waals surface area contributed by atoms with E-state index in [0.29, 0.717) is 6.61 Å². The van der Waals surface area contributed by atoms with E-state index in [1.165, 1.54) is 6.42 Å². The maximum atomic E-state index is 12.5. The van der Waals surface area contributed by atoms with Gasteiger partial charge in [0.2, 0.25) is 0 Å². The predicted molar refractivity (Wildman–Crippen MR) is 72.4 cm³/mol. The summed E-state index contributed by atoms with van der Waals surface area (Å²) < 4.78 is 5.65. The normalized spacial score (nSPS) is 17.1. The van der Waals surface area contributed by atoms with Gasteiger partial charge in [-0.05, 0) is 43.7 Å². The van der Waals surface area contributed by atoms with Crippen LogP contribution in [0.2, 0.25) is 0 Å². The first-order valence-electron chi connectivity index (χ1n) is 6.72. The molecule has 1 aromatic rings. The number of ketones is 1. The van der Waals surface area contributed by atoms with Crippen molar-refractivity contribution < 1.29 is 9.53 Å². The lowest BCUT2D eigenvalue weighted by molar-refractivity contribution is -0.127. The number of hydrogen-bond acceptors (Lipinski definition) is 2. The first-order valence-corrected chi connectivity index (χ1v) is 6.72. The van der Waals surface area contributed by atoms with Gasteiger partial charge in [0.1, 0.15) is 6.10 Å². The fourth-order valence-electron chi connectivity index (χ4n) is 2.35. The van der Waals surface area contributed by atoms with Crippen LogP contribution in [0.4, 0.5) is 0 Å². The third kappa shape index (κ3) is 3.08. The van der Waals surface area contributed by atoms with Gasteiger partial charge in [-0.1, -0.05) is 36.4 Å². The SMILES string of the molecule is CCOC(C(=O)C1=CCCCC1)c1ccccc1. The summed E-state index contributed by atoms with van der Waals surface area (Å²) in [6.07, 6.45) is 5.89. The Bertz CT molecular complexity index is 420. The molecule has 2 heteroatoms. The van der Waals surface area contributed by atoms with Gasteiger partial charge in [0, 0.05) is 6.61 Å². The fraction of sp³-hybridized carbons (Fsp3) is 0.438. The lowest BCUT2D eigenvalue weighted by Gasteiger charge is -2.19. The summed E-state index contributed by atoms with van der Waals surface area (Å²) in [6, 6.07) is 9.77. The second kappa shape index (κ2) is 6.50. The summed E-state index contributed by atoms with van der Waals surface area (Å²) >= 11 is 0. The number of allylic oxidation sites excluding steroid dienone is 1. The van der Waals surface area contributed by atoms with E-state index in [2.05, 4.69) is 6.08 Å². The molecular weight excluding hydrogens is 224 g/mol. The molecule has 1 aliphatic rings. The second-order valence-electron chi connectivity index (χ2n) is 4.59. The second-order valence-corrected chi connectivity index (χ2v) is 4.59. The van der Waals surface area contributed by atoms with Crippen molar-refractivity contribution in [2.75, 3.05) is 6.61 Å². The Kier molecular flexibility index (Phi) is 4.71. The topological polar surface area (TPSA) is 26.3 Å². The molecule has 2 nitrogen and oxygen atoms in total. The van der Waals surface area contributed by atoms with Crippen LogP contribution in [0.3, 0.4) is 0 Å². The van der Waals surface area contributed by atoms with Crippen LogP contribution >= 0.6 is 0 Å². The van der Waals surface area contributed by atoms with Gasteiger partial charge in [0.25, 0.3) is 0 Å². The molecule has 18 heavy (non-hydrogen) atoms. The average Bonchev–Trinajstić information content (AvgIpc) is 2.46. The smallest absolute Gasteiger partial charge is 0.191 e. The van der Waals surface area contributed by atoms with Crippen LogP contribution in [0, 0.1) is 0 Å². The molecule has 0 saturated heterocycles. The molecule has 0 saturated carbocycles. The lowest BCUT2D eigenvalue weighted by atomic mass is 9.91. The van der Waals surface area contributed by atoms with Crippen LogP contribution in [0.25, 0.3) is 0 Å². The predicted octanol–water partition coefficient (Wildman–Crippen LogP) is 3.83. The van der Waals surface area contributed by atoms with Crippen molar-refractivity contribution in [2.24, 2.45) is 0 Å². The van der Waals surface area contributed by atoms with Gasteiger partial charge in [-0.3, -0.25) is 4.79 Å². The number of carbonyl (C=O) groups excluding carboxylic acids is 1. The average molecular weight is 244 g/mol. The molecule has 1 aromatic carbocycles. The van der Waals surface area contributed by atoms with Crippen molar-refractivity contribution in [1.29, 1.82) is 0 Å². The lowest BCUT2D eigenvalue weighted by Crippen LogP contribution is -2.19. The Morgan fingerprint density at radius 1 is 1.28 bits per heavy atom. The quantitative estimate of drug-likeness (QED) is 0.786. The van der Waals surface area contributed by atoms with E-state index in [-0.39, 0.29) is 5.78 Å². The summed E-state index contributed by atoms with van der Waals surface area (Å²) in [7, 11) is 0. The molecule has 1 unspecified atom stereocenters. The highest BCUT2D eigenvalue weighted by atomic mass is 16.5. The molecule has 0 aliphatic heterocycles. The van der Waals surface area contributed by atoms with E-state index >= 15 is 0 Å². The number of carbonyl (C=O) groups is 1. The minimum absolute atomic E-state index is 0.141. The van der Waals surface area contributed by atoms with Crippen molar-refractivity contribution in [3.8, 4) is 0 Å². The maximum absolute atomic E-state index is 12.5. The number of rotatable bonds is 5. The summed E-state index contributed by atoms with van der Waals surface area (Å²) in [5.41, 5.74) is 1.90. The van der Waals surface area contributed by atoms with Gasteiger partial charge in [0.05, 0.1) is 0 Å². The zero-order valence-electron chi connectivity index (χ0n) is 10.9. The minimum atomic E-state index is -0.430. The van der Waals surface area contributed by atoms with E-state index in [1.807, 2.05) is 37.3 Å². The molecule has 96 valence electrons. The fourth-order valence-corrected chi connectivity index (χ4v) is 2.35. The third-order valence-corrected chi connectivity index (χ3v) is 3.28. The Balaban J connectivity index is 2.19. The molecule has 0 aromatic heterocycles. The van der Waals surface area contributed by atoms with Crippen LogP contribution in [0.5, 0.6) is 0 Å². The summed E-state index contributed by atoms with van der Waals surface area (Å²) in [5.74, 6) is 0.141. The van der Waals surface area contributed by atoms with Gasteiger partial charge in [-0.15, -0.1) is 0 Å². The molecule has 0 spiro atoms. The van der Waals surface area contributed by atoms with Crippen LogP contribution in [0.1, 0.15) is 44.3 Å². The molecule has 1 atom stereocenters. The summed E-state index contributed by atoms with van der Waals surface area (Å²) in [6.45, 7) is 2.48. The van der Waals surface area contributed by atoms with E-state index in [0.717, 1.165) is 30.4 Å². The zero-order chi connectivity index (χ0) is 12.8. The highest BCUT2D eigenvalue weighted by Crippen LogP contribution is 2.27. The van der Waals surface area contributed by atoms with Crippen molar-refractivity contribution >= 4 is 5.78 Å². The summed E-state index contributed by atoms with van der Waals surface area (Å²) in [4.78, 5) is 12.5. The monoisotopic (exact) mass is 244 g/mol.